The highest BCUT2D eigenvalue weighted by molar-refractivity contribution is 14.1. The number of rotatable bonds is 3. The Morgan fingerprint density at radius 2 is 2.00 bits per heavy atom. The van der Waals surface area contributed by atoms with Crippen molar-refractivity contribution in [1.82, 2.24) is 4.98 Å². The van der Waals surface area contributed by atoms with Crippen molar-refractivity contribution in [3.05, 3.63) is 39.0 Å². The first-order chi connectivity index (χ1) is 8.58. The van der Waals surface area contributed by atoms with Crippen molar-refractivity contribution in [3.63, 3.8) is 0 Å². The molecule has 0 unspecified atom stereocenters. The molecule has 0 radical (unpaired) electrons. The average Bonchev–Trinajstić information content (AvgIpc) is 2.72. The minimum Gasteiger partial charge on any atom is -0.458 e. The maximum absolute atomic E-state index is 12.0. The predicted octanol–water partition coefficient (Wildman–Crippen LogP) is 3.98. The Morgan fingerprint density at radius 1 is 1.33 bits per heavy atom. The summed E-state index contributed by atoms with van der Waals surface area (Å²) in [6.07, 6.45) is -0.138. The fourth-order valence-electron chi connectivity index (χ4n) is 1.49. The van der Waals surface area contributed by atoms with Gasteiger partial charge in [0.1, 0.15) is 0 Å². The molecule has 0 amide bonds. The number of esters is 1. The maximum Gasteiger partial charge on any atom is 0.358 e. The summed E-state index contributed by atoms with van der Waals surface area (Å²) < 4.78 is 6.05. The predicted molar refractivity (Wildman–Crippen MR) is 80.8 cm³/mol. The van der Waals surface area contributed by atoms with Gasteiger partial charge in [-0.15, -0.1) is 11.3 Å². The van der Waals surface area contributed by atoms with Crippen molar-refractivity contribution < 1.29 is 9.53 Å². The molecule has 18 heavy (non-hydrogen) atoms. The monoisotopic (exact) mass is 373 g/mol. The van der Waals surface area contributed by atoms with Gasteiger partial charge < -0.3 is 4.74 Å². The van der Waals surface area contributed by atoms with Crippen molar-refractivity contribution in [1.29, 1.82) is 0 Å². The van der Waals surface area contributed by atoms with E-state index in [4.69, 9.17) is 4.74 Å². The SMILES string of the molecule is CC(C)OC(=O)c1nc(I)sc1-c1ccccc1. The molecule has 0 saturated heterocycles. The molecule has 1 aromatic carbocycles. The number of thiazole rings is 1. The molecule has 0 aliphatic rings. The van der Waals surface area contributed by atoms with E-state index in [1.54, 1.807) is 0 Å². The number of hydrogen-bond donors (Lipinski definition) is 0. The van der Waals surface area contributed by atoms with Crippen molar-refractivity contribution in [2.45, 2.75) is 20.0 Å². The van der Waals surface area contributed by atoms with Gasteiger partial charge in [0.25, 0.3) is 0 Å². The van der Waals surface area contributed by atoms with Gasteiger partial charge in [-0.1, -0.05) is 30.3 Å². The standard InChI is InChI=1S/C13H12INO2S/c1-8(2)17-12(16)10-11(18-13(14)15-10)9-6-4-3-5-7-9/h3-8H,1-2H3. The van der Waals surface area contributed by atoms with E-state index >= 15 is 0 Å². The molecule has 2 aromatic rings. The van der Waals surface area contributed by atoms with Crippen LogP contribution in [0.1, 0.15) is 24.3 Å². The van der Waals surface area contributed by atoms with Crippen LogP contribution in [-0.4, -0.2) is 17.1 Å². The number of benzene rings is 1. The highest BCUT2D eigenvalue weighted by atomic mass is 127. The normalized spacial score (nSPS) is 10.7. The van der Waals surface area contributed by atoms with E-state index in [-0.39, 0.29) is 12.1 Å². The van der Waals surface area contributed by atoms with Crippen LogP contribution >= 0.6 is 33.9 Å². The van der Waals surface area contributed by atoms with E-state index in [1.165, 1.54) is 11.3 Å². The van der Waals surface area contributed by atoms with Gasteiger partial charge in [-0.05, 0) is 42.0 Å². The number of carbonyl (C=O) groups is 1. The fraction of sp³-hybridized carbons (Fsp3) is 0.231. The van der Waals surface area contributed by atoms with Crippen LogP contribution in [0, 0.1) is 3.01 Å². The second-order valence-corrected chi connectivity index (χ2v) is 6.72. The lowest BCUT2D eigenvalue weighted by Gasteiger charge is -2.07. The topological polar surface area (TPSA) is 39.2 Å². The molecule has 2 rings (SSSR count). The smallest absolute Gasteiger partial charge is 0.358 e. The zero-order chi connectivity index (χ0) is 13.1. The molecule has 0 N–H and O–H groups in total. The highest BCUT2D eigenvalue weighted by Gasteiger charge is 2.20. The molecule has 1 aromatic heterocycles. The molecule has 1 heterocycles. The summed E-state index contributed by atoms with van der Waals surface area (Å²) >= 11 is 3.62. The Labute approximate surface area is 123 Å². The van der Waals surface area contributed by atoms with E-state index in [0.29, 0.717) is 5.69 Å². The lowest BCUT2D eigenvalue weighted by atomic mass is 10.1. The Morgan fingerprint density at radius 3 is 2.61 bits per heavy atom. The minimum absolute atomic E-state index is 0.138. The van der Waals surface area contributed by atoms with Gasteiger partial charge >= 0.3 is 5.97 Å². The summed E-state index contributed by atoms with van der Waals surface area (Å²) in [6, 6.07) is 9.77. The zero-order valence-electron chi connectivity index (χ0n) is 10.0. The quantitative estimate of drug-likeness (QED) is 0.604. The van der Waals surface area contributed by atoms with Crippen molar-refractivity contribution in [3.8, 4) is 10.4 Å². The molecule has 5 heteroatoms. The zero-order valence-corrected chi connectivity index (χ0v) is 13.0. The minimum atomic E-state index is -0.358. The van der Waals surface area contributed by atoms with Gasteiger partial charge in [0, 0.05) is 0 Å². The van der Waals surface area contributed by atoms with Gasteiger partial charge in [0.2, 0.25) is 0 Å². The summed E-state index contributed by atoms with van der Waals surface area (Å²) in [4.78, 5) is 17.1. The highest BCUT2D eigenvalue weighted by Crippen LogP contribution is 2.31. The summed E-state index contributed by atoms with van der Waals surface area (Å²) in [7, 11) is 0. The lowest BCUT2D eigenvalue weighted by Crippen LogP contribution is -2.12. The van der Waals surface area contributed by atoms with Gasteiger partial charge in [-0.3, -0.25) is 0 Å². The third-order valence-electron chi connectivity index (χ3n) is 2.17. The van der Waals surface area contributed by atoms with E-state index in [0.717, 1.165) is 13.5 Å². The molecule has 0 aliphatic heterocycles. The largest absolute Gasteiger partial charge is 0.458 e. The van der Waals surface area contributed by atoms with Crippen LogP contribution < -0.4 is 0 Å². The second kappa shape index (κ2) is 5.79. The molecule has 3 nitrogen and oxygen atoms in total. The molecule has 0 saturated carbocycles. The van der Waals surface area contributed by atoms with Crippen LogP contribution in [0.5, 0.6) is 0 Å². The third-order valence-corrected chi connectivity index (χ3v) is 3.97. The number of ether oxygens (including phenoxy) is 1. The molecule has 0 aliphatic carbocycles. The van der Waals surface area contributed by atoms with E-state index in [9.17, 15) is 4.79 Å². The van der Waals surface area contributed by atoms with E-state index in [2.05, 4.69) is 27.6 Å². The molecule has 0 fully saturated rings. The van der Waals surface area contributed by atoms with Gasteiger partial charge in [0.15, 0.2) is 8.71 Å². The Balaban J connectivity index is 2.40. The van der Waals surface area contributed by atoms with Crippen molar-refractivity contribution >= 4 is 39.9 Å². The summed E-state index contributed by atoms with van der Waals surface area (Å²) in [5.41, 5.74) is 1.40. The summed E-state index contributed by atoms with van der Waals surface area (Å²) in [5, 5.41) is 0. The van der Waals surface area contributed by atoms with Crippen LogP contribution in [0.2, 0.25) is 0 Å². The first-order valence-corrected chi connectivity index (χ1v) is 7.40. The first-order valence-electron chi connectivity index (χ1n) is 5.50. The number of hydrogen-bond acceptors (Lipinski definition) is 4. The number of nitrogens with zero attached hydrogens (tertiary/aromatic N) is 1. The van der Waals surface area contributed by atoms with Gasteiger partial charge in [0.05, 0.1) is 11.0 Å². The van der Waals surface area contributed by atoms with Crippen LogP contribution in [0.3, 0.4) is 0 Å². The Bertz CT molecular complexity index is 551. The summed E-state index contributed by atoms with van der Waals surface area (Å²) in [6.45, 7) is 3.66. The van der Waals surface area contributed by atoms with Crippen LogP contribution in [0.4, 0.5) is 0 Å². The van der Waals surface area contributed by atoms with Crippen LogP contribution in [0.15, 0.2) is 30.3 Å². The molecule has 94 valence electrons. The van der Waals surface area contributed by atoms with Crippen molar-refractivity contribution in [2.75, 3.05) is 0 Å². The molecular formula is C13H12INO2S. The Kier molecular flexibility index (Phi) is 4.34. The first kappa shape index (κ1) is 13.5. The lowest BCUT2D eigenvalue weighted by molar-refractivity contribution is 0.0372. The van der Waals surface area contributed by atoms with Crippen LogP contribution in [-0.2, 0) is 4.74 Å². The number of carbonyl (C=O) groups excluding carboxylic acids is 1. The second-order valence-electron chi connectivity index (χ2n) is 3.96. The van der Waals surface area contributed by atoms with Gasteiger partial charge in [-0.25, -0.2) is 9.78 Å². The number of halogens is 1. The van der Waals surface area contributed by atoms with Gasteiger partial charge in [-0.2, -0.15) is 0 Å². The molecule has 0 atom stereocenters. The third kappa shape index (κ3) is 3.08. The fourth-order valence-corrected chi connectivity index (χ4v) is 3.17. The van der Waals surface area contributed by atoms with E-state index < -0.39 is 0 Å². The summed E-state index contributed by atoms with van der Waals surface area (Å²) in [5.74, 6) is -0.358. The maximum atomic E-state index is 12.0. The molecule has 0 spiro atoms. The molecular weight excluding hydrogens is 361 g/mol. The van der Waals surface area contributed by atoms with Crippen LogP contribution in [0.25, 0.3) is 10.4 Å². The van der Waals surface area contributed by atoms with E-state index in [1.807, 2.05) is 44.2 Å². The Hall–Kier alpha value is -0.950. The number of aromatic nitrogens is 1. The molecule has 0 bridgehead atoms. The van der Waals surface area contributed by atoms with Crippen molar-refractivity contribution in [2.24, 2.45) is 0 Å². The average molecular weight is 373 g/mol.